The summed E-state index contributed by atoms with van der Waals surface area (Å²) in [6, 6.07) is 13.7. The number of hydrogen-bond acceptors (Lipinski definition) is 6. The van der Waals surface area contributed by atoms with Gasteiger partial charge in [0.05, 0.1) is 16.2 Å². The number of thioether (sulfide) groups is 1. The molecule has 128 valence electrons. The van der Waals surface area contributed by atoms with Crippen LogP contribution in [-0.2, 0) is 9.84 Å². The van der Waals surface area contributed by atoms with Crippen LogP contribution < -0.4 is 0 Å². The van der Waals surface area contributed by atoms with Gasteiger partial charge in [0.15, 0.2) is 15.6 Å². The highest BCUT2D eigenvalue weighted by Crippen LogP contribution is 2.26. The maximum absolute atomic E-state index is 12.4. The Hall–Kier alpha value is -2.25. The van der Waals surface area contributed by atoms with Crippen LogP contribution in [0, 0.1) is 6.92 Å². The molecule has 1 aromatic heterocycles. The molecule has 0 saturated heterocycles. The molecule has 0 bridgehead atoms. The molecule has 0 unspecified atom stereocenters. The first kappa shape index (κ1) is 17.6. The van der Waals surface area contributed by atoms with Gasteiger partial charge in [0.25, 0.3) is 0 Å². The minimum Gasteiger partial charge on any atom is -0.293 e. The number of carbonyl (C=O) groups is 1. The fraction of sp³-hybridized carbons (Fsp3) is 0.167. The molecule has 0 radical (unpaired) electrons. The zero-order chi connectivity index (χ0) is 18.0. The lowest BCUT2D eigenvalue weighted by Gasteiger charge is -2.06. The average Bonchev–Trinajstić information content (AvgIpc) is 2.58. The zero-order valence-corrected chi connectivity index (χ0v) is 15.4. The number of aromatic nitrogens is 2. The van der Waals surface area contributed by atoms with E-state index in [1.165, 1.54) is 23.9 Å². The lowest BCUT2D eigenvalue weighted by molar-refractivity contribution is 0.102. The third kappa shape index (κ3) is 4.05. The summed E-state index contributed by atoms with van der Waals surface area (Å²) in [5.41, 5.74) is 1.33. The first-order chi connectivity index (χ1) is 11.8. The number of nitrogens with zero attached hydrogens (tertiary/aromatic N) is 2. The summed E-state index contributed by atoms with van der Waals surface area (Å²) < 4.78 is 23.0. The summed E-state index contributed by atoms with van der Waals surface area (Å²) in [7, 11) is -3.26. The van der Waals surface area contributed by atoms with Crippen molar-refractivity contribution in [2.75, 3.05) is 12.0 Å². The molecule has 7 heteroatoms. The summed E-state index contributed by atoms with van der Waals surface area (Å²) >= 11 is 1.36. The molecule has 3 aromatic rings. The smallest absolute Gasteiger partial charge is 0.175 e. The van der Waals surface area contributed by atoms with Gasteiger partial charge in [-0.05, 0) is 25.1 Å². The largest absolute Gasteiger partial charge is 0.293 e. The molecule has 0 saturated carbocycles. The average molecular weight is 372 g/mol. The standard InChI is InChI=1S/C18H16N2O3S2/c1-12-19-16-6-4-3-5-15(16)18(20-12)24-11-17(21)13-7-9-14(10-8-13)25(2,22)23/h3-10H,11H2,1-2H3. The molecule has 0 aliphatic heterocycles. The second kappa shape index (κ2) is 6.93. The predicted octanol–water partition coefficient (Wildman–Crippen LogP) is 3.32. The van der Waals surface area contributed by atoms with Crippen LogP contribution in [0.3, 0.4) is 0 Å². The number of Topliss-reactive ketones (excluding diaryl/α,β-unsaturated/α-hetero) is 1. The number of carbonyl (C=O) groups excluding carboxylic acids is 1. The minimum absolute atomic E-state index is 0.0783. The van der Waals surface area contributed by atoms with Gasteiger partial charge in [-0.15, -0.1) is 0 Å². The highest BCUT2D eigenvalue weighted by Gasteiger charge is 2.12. The van der Waals surface area contributed by atoms with Gasteiger partial charge in [0.2, 0.25) is 0 Å². The second-order valence-corrected chi connectivity index (χ2v) is 8.58. The molecule has 25 heavy (non-hydrogen) atoms. The quantitative estimate of drug-likeness (QED) is 0.388. The van der Waals surface area contributed by atoms with E-state index in [0.29, 0.717) is 11.4 Å². The highest BCUT2D eigenvalue weighted by molar-refractivity contribution is 8.00. The summed E-state index contributed by atoms with van der Waals surface area (Å²) in [6.07, 6.45) is 1.14. The van der Waals surface area contributed by atoms with Crippen LogP contribution in [0.4, 0.5) is 0 Å². The van der Waals surface area contributed by atoms with Crippen LogP contribution in [0.15, 0.2) is 58.5 Å². The lowest BCUT2D eigenvalue weighted by Crippen LogP contribution is -2.04. The van der Waals surface area contributed by atoms with Gasteiger partial charge in [-0.25, -0.2) is 18.4 Å². The maximum Gasteiger partial charge on any atom is 0.175 e. The number of para-hydroxylation sites is 1. The van der Waals surface area contributed by atoms with E-state index >= 15 is 0 Å². The van der Waals surface area contributed by atoms with Crippen LogP contribution >= 0.6 is 11.8 Å². The van der Waals surface area contributed by atoms with Crippen LogP contribution in [-0.4, -0.2) is 36.2 Å². The van der Waals surface area contributed by atoms with Crippen molar-refractivity contribution >= 4 is 38.3 Å². The van der Waals surface area contributed by atoms with E-state index in [0.717, 1.165) is 22.2 Å². The van der Waals surface area contributed by atoms with Gasteiger partial charge in [-0.1, -0.05) is 42.1 Å². The van der Waals surface area contributed by atoms with Crippen molar-refractivity contribution in [1.82, 2.24) is 9.97 Å². The Kier molecular flexibility index (Phi) is 4.87. The van der Waals surface area contributed by atoms with Gasteiger partial charge in [0, 0.05) is 17.2 Å². The molecule has 0 fully saturated rings. The first-order valence-electron chi connectivity index (χ1n) is 7.54. The maximum atomic E-state index is 12.4. The highest BCUT2D eigenvalue weighted by atomic mass is 32.2. The first-order valence-corrected chi connectivity index (χ1v) is 10.4. The molecular formula is C18H16N2O3S2. The van der Waals surface area contributed by atoms with Crippen LogP contribution in [0.5, 0.6) is 0 Å². The van der Waals surface area contributed by atoms with E-state index < -0.39 is 9.84 Å². The van der Waals surface area contributed by atoms with Crippen molar-refractivity contribution in [3.8, 4) is 0 Å². The summed E-state index contributed by atoms with van der Waals surface area (Å²) in [4.78, 5) is 21.4. The topological polar surface area (TPSA) is 77.0 Å². The fourth-order valence-electron chi connectivity index (χ4n) is 2.37. The summed E-state index contributed by atoms with van der Waals surface area (Å²) in [6.45, 7) is 1.82. The molecule has 2 aromatic carbocycles. The van der Waals surface area contributed by atoms with Crippen molar-refractivity contribution in [2.24, 2.45) is 0 Å². The van der Waals surface area contributed by atoms with E-state index in [-0.39, 0.29) is 16.4 Å². The lowest BCUT2D eigenvalue weighted by atomic mass is 10.1. The van der Waals surface area contributed by atoms with Crippen molar-refractivity contribution < 1.29 is 13.2 Å². The SMILES string of the molecule is Cc1nc(SCC(=O)c2ccc(S(C)(=O)=O)cc2)c2ccccc2n1. The second-order valence-electron chi connectivity index (χ2n) is 5.60. The molecule has 5 nitrogen and oxygen atoms in total. The van der Waals surface area contributed by atoms with E-state index in [1.54, 1.807) is 12.1 Å². The Morgan fingerprint density at radius 3 is 2.40 bits per heavy atom. The van der Waals surface area contributed by atoms with Gasteiger partial charge in [0.1, 0.15) is 10.9 Å². The molecule has 0 atom stereocenters. The van der Waals surface area contributed by atoms with Crippen molar-refractivity contribution in [1.29, 1.82) is 0 Å². The predicted molar refractivity (Wildman–Crippen MR) is 98.9 cm³/mol. The number of ketones is 1. The zero-order valence-electron chi connectivity index (χ0n) is 13.8. The molecule has 0 amide bonds. The number of aryl methyl sites for hydroxylation is 1. The number of hydrogen-bond donors (Lipinski definition) is 0. The number of fused-ring (bicyclic) bond motifs is 1. The number of sulfone groups is 1. The third-order valence-electron chi connectivity index (χ3n) is 3.62. The molecule has 1 heterocycles. The summed E-state index contributed by atoms with van der Waals surface area (Å²) in [5, 5.41) is 1.68. The van der Waals surface area contributed by atoms with Gasteiger partial charge in [-0.2, -0.15) is 0 Å². The molecule has 0 aliphatic carbocycles. The van der Waals surface area contributed by atoms with Crippen LogP contribution in [0.2, 0.25) is 0 Å². The van der Waals surface area contributed by atoms with E-state index in [2.05, 4.69) is 9.97 Å². The van der Waals surface area contributed by atoms with Crippen molar-refractivity contribution in [2.45, 2.75) is 16.8 Å². The molecule has 0 N–H and O–H groups in total. The summed E-state index contributed by atoms with van der Waals surface area (Å²) in [5.74, 6) is 0.801. The molecule has 3 rings (SSSR count). The van der Waals surface area contributed by atoms with Gasteiger partial charge in [-0.3, -0.25) is 4.79 Å². The van der Waals surface area contributed by atoms with E-state index in [1.807, 2.05) is 31.2 Å². The van der Waals surface area contributed by atoms with Crippen molar-refractivity contribution in [3.63, 3.8) is 0 Å². The van der Waals surface area contributed by atoms with Crippen molar-refractivity contribution in [3.05, 3.63) is 59.9 Å². The molecule has 0 spiro atoms. The van der Waals surface area contributed by atoms with Gasteiger partial charge >= 0.3 is 0 Å². The van der Waals surface area contributed by atoms with Crippen LogP contribution in [0.1, 0.15) is 16.2 Å². The Bertz CT molecular complexity index is 1050. The number of rotatable bonds is 5. The van der Waals surface area contributed by atoms with E-state index in [9.17, 15) is 13.2 Å². The Balaban J connectivity index is 1.79. The van der Waals surface area contributed by atoms with Crippen LogP contribution in [0.25, 0.3) is 10.9 Å². The monoisotopic (exact) mass is 372 g/mol. The minimum atomic E-state index is -3.26. The Morgan fingerprint density at radius 2 is 1.72 bits per heavy atom. The van der Waals surface area contributed by atoms with Gasteiger partial charge < -0.3 is 0 Å². The fourth-order valence-corrected chi connectivity index (χ4v) is 3.96. The van der Waals surface area contributed by atoms with E-state index in [4.69, 9.17) is 0 Å². The Morgan fingerprint density at radius 1 is 1.04 bits per heavy atom. The number of benzene rings is 2. The third-order valence-corrected chi connectivity index (χ3v) is 5.74. The Labute approximate surface area is 150 Å². The normalized spacial score (nSPS) is 11.6. The molecule has 0 aliphatic rings. The molecular weight excluding hydrogens is 356 g/mol.